The van der Waals surface area contributed by atoms with E-state index in [-0.39, 0.29) is 11.8 Å². The molecule has 0 saturated carbocycles. The molecule has 0 saturated heterocycles. The number of H-pyrrole nitrogens is 1. The molecule has 7 nitrogen and oxygen atoms in total. The van der Waals surface area contributed by atoms with Gasteiger partial charge in [-0.1, -0.05) is 20.8 Å². The van der Waals surface area contributed by atoms with E-state index in [4.69, 9.17) is 0 Å². The van der Waals surface area contributed by atoms with Crippen molar-refractivity contribution in [2.45, 2.75) is 52.1 Å². The first-order valence-electron chi connectivity index (χ1n) is 8.36. The van der Waals surface area contributed by atoms with Crippen molar-refractivity contribution in [3.8, 4) is 0 Å². The van der Waals surface area contributed by atoms with Crippen LogP contribution in [0.25, 0.3) is 0 Å². The molecule has 25 heavy (non-hydrogen) atoms. The van der Waals surface area contributed by atoms with E-state index in [2.05, 4.69) is 34.1 Å². The van der Waals surface area contributed by atoms with E-state index in [1.165, 1.54) is 0 Å². The lowest BCUT2D eigenvalue weighted by molar-refractivity contribution is -0.120. The first kappa shape index (κ1) is 19.1. The normalized spacial score (nSPS) is 12.2. The zero-order valence-electron chi connectivity index (χ0n) is 15.1. The summed E-state index contributed by atoms with van der Waals surface area (Å²) in [7, 11) is 1.70. The monoisotopic (exact) mass is 363 g/mol. The molecule has 2 aromatic rings. The Labute approximate surface area is 151 Å². The lowest BCUT2D eigenvalue weighted by Gasteiger charge is -2.22. The van der Waals surface area contributed by atoms with Crippen LogP contribution in [0.4, 0.5) is 4.79 Å². The lowest BCUT2D eigenvalue weighted by atomic mass is 10.1. The van der Waals surface area contributed by atoms with Gasteiger partial charge in [0.1, 0.15) is 0 Å². The van der Waals surface area contributed by atoms with Crippen molar-refractivity contribution in [2.24, 2.45) is 0 Å². The number of nitrogens with one attached hydrogen (secondary N) is 2. The summed E-state index contributed by atoms with van der Waals surface area (Å²) in [5.41, 5.74) is 1.68. The fourth-order valence-electron chi connectivity index (χ4n) is 2.34. The number of hydrogen-bond donors (Lipinski definition) is 2. The van der Waals surface area contributed by atoms with Crippen molar-refractivity contribution in [3.63, 3.8) is 0 Å². The molecule has 0 aromatic carbocycles. The second kappa shape index (κ2) is 8.75. The summed E-state index contributed by atoms with van der Waals surface area (Å²) >= 11 is 1.60. The molecular formula is C17H25N5O2S. The van der Waals surface area contributed by atoms with Gasteiger partial charge in [-0.15, -0.1) is 11.3 Å². The van der Waals surface area contributed by atoms with Crippen LogP contribution in [0.15, 0.2) is 17.9 Å². The highest BCUT2D eigenvalue weighted by molar-refractivity contribution is 7.09. The number of thiazole rings is 1. The van der Waals surface area contributed by atoms with Crippen molar-refractivity contribution < 1.29 is 9.59 Å². The Balaban J connectivity index is 1.97. The SMILES string of the molecule is CCC(=O)C(Cc1cnc[nH]1)NC(=O)N(C)Cc1csc(C(C)C)n1. The molecule has 2 amide bonds. The molecule has 0 fully saturated rings. The number of rotatable bonds is 8. The molecule has 0 bridgehead atoms. The maximum atomic E-state index is 12.5. The van der Waals surface area contributed by atoms with E-state index < -0.39 is 6.04 Å². The van der Waals surface area contributed by atoms with Gasteiger partial charge in [-0.2, -0.15) is 0 Å². The molecule has 0 radical (unpaired) electrons. The standard InChI is InChI=1S/C17H25N5O2S/c1-5-15(23)14(6-12-7-18-10-19-12)21-17(24)22(4)8-13-9-25-16(20-13)11(2)3/h7,9-11,14H,5-6,8H2,1-4H3,(H,18,19)(H,21,24). The minimum Gasteiger partial charge on any atom is -0.348 e. The molecule has 2 heterocycles. The average molecular weight is 363 g/mol. The molecule has 2 N–H and O–H groups in total. The van der Waals surface area contributed by atoms with Crippen LogP contribution in [-0.4, -0.2) is 44.8 Å². The first-order valence-corrected chi connectivity index (χ1v) is 9.24. The zero-order chi connectivity index (χ0) is 18.4. The van der Waals surface area contributed by atoms with Gasteiger partial charge in [-0.3, -0.25) is 4.79 Å². The highest BCUT2D eigenvalue weighted by Crippen LogP contribution is 2.19. The third kappa shape index (κ3) is 5.38. The molecule has 0 spiro atoms. The fraction of sp³-hybridized carbons (Fsp3) is 0.529. The van der Waals surface area contributed by atoms with Gasteiger partial charge < -0.3 is 15.2 Å². The number of nitrogens with zero attached hydrogens (tertiary/aromatic N) is 3. The van der Waals surface area contributed by atoms with E-state index in [9.17, 15) is 9.59 Å². The van der Waals surface area contributed by atoms with Crippen molar-refractivity contribution >= 4 is 23.2 Å². The van der Waals surface area contributed by atoms with E-state index >= 15 is 0 Å². The summed E-state index contributed by atoms with van der Waals surface area (Å²) in [5, 5.41) is 5.85. The quantitative estimate of drug-likeness (QED) is 0.754. The van der Waals surface area contributed by atoms with Gasteiger partial charge in [0.2, 0.25) is 0 Å². The van der Waals surface area contributed by atoms with E-state index in [1.807, 2.05) is 5.38 Å². The third-order valence-electron chi connectivity index (χ3n) is 3.82. The Bertz CT molecular complexity index is 696. The number of hydrogen-bond acceptors (Lipinski definition) is 5. The number of carbonyl (C=O) groups excluding carboxylic acids is 2. The first-order chi connectivity index (χ1) is 11.9. The highest BCUT2D eigenvalue weighted by atomic mass is 32.1. The Morgan fingerprint density at radius 1 is 1.40 bits per heavy atom. The summed E-state index contributed by atoms with van der Waals surface area (Å²) in [6.45, 7) is 6.39. The molecule has 0 aliphatic heterocycles. The lowest BCUT2D eigenvalue weighted by Crippen LogP contribution is -2.47. The second-order valence-corrected chi connectivity index (χ2v) is 7.18. The van der Waals surface area contributed by atoms with Gasteiger partial charge in [0.05, 0.1) is 29.6 Å². The predicted molar refractivity (Wildman–Crippen MR) is 97.6 cm³/mol. The van der Waals surface area contributed by atoms with Gasteiger partial charge >= 0.3 is 6.03 Å². The van der Waals surface area contributed by atoms with Crippen molar-refractivity contribution in [2.75, 3.05) is 7.05 Å². The van der Waals surface area contributed by atoms with Crippen LogP contribution in [0.5, 0.6) is 0 Å². The summed E-state index contributed by atoms with van der Waals surface area (Å²) in [5.74, 6) is 0.367. The van der Waals surface area contributed by atoms with Crippen molar-refractivity contribution in [1.29, 1.82) is 0 Å². The van der Waals surface area contributed by atoms with Crippen LogP contribution in [0.2, 0.25) is 0 Å². The largest absolute Gasteiger partial charge is 0.348 e. The van der Waals surface area contributed by atoms with Crippen LogP contribution >= 0.6 is 11.3 Å². The van der Waals surface area contributed by atoms with Crippen LogP contribution in [0.3, 0.4) is 0 Å². The summed E-state index contributed by atoms with van der Waals surface area (Å²) in [6, 6.07) is -0.854. The van der Waals surface area contributed by atoms with Gasteiger partial charge in [-0.05, 0) is 0 Å². The van der Waals surface area contributed by atoms with Crippen molar-refractivity contribution in [3.05, 3.63) is 34.3 Å². The number of Topliss-reactive ketones (excluding diaryl/α,β-unsaturated/α-hetero) is 1. The van der Waals surface area contributed by atoms with Crippen LogP contribution in [0, 0.1) is 0 Å². The number of aromatic amines is 1. The minimum absolute atomic E-state index is 0.00731. The number of aromatic nitrogens is 3. The molecule has 8 heteroatoms. The Morgan fingerprint density at radius 3 is 2.72 bits per heavy atom. The molecule has 0 aliphatic carbocycles. The highest BCUT2D eigenvalue weighted by Gasteiger charge is 2.22. The Kier molecular flexibility index (Phi) is 6.69. The van der Waals surface area contributed by atoms with Crippen LogP contribution in [0.1, 0.15) is 49.5 Å². The van der Waals surface area contributed by atoms with Crippen LogP contribution < -0.4 is 5.32 Å². The van der Waals surface area contributed by atoms with Gasteiger partial charge in [-0.25, -0.2) is 14.8 Å². The van der Waals surface area contributed by atoms with E-state index in [0.717, 1.165) is 16.4 Å². The summed E-state index contributed by atoms with van der Waals surface area (Å²) in [4.78, 5) is 37.6. The fourth-order valence-corrected chi connectivity index (χ4v) is 3.17. The summed E-state index contributed by atoms with van der Waals surface area (Å²) < 4.78 is 0. The number of urea groups is 1. The third-order valence-corrected chi connectivity index (χ3v) is 5.02. The van der Waals surface area contributed by atoms with Crippen molar-refractivity contribution in [1.82, 2.24) is 25.2 Å². The van der Waals surface area contributed by atoms with Gasteiger partial charge in [0, 0.05) is 43.1 Å². The topological polar surface area (TPSA) is 91.0 Å². The molecule has 1 unspecified atom stereocenters. The molecule has 136 valence electrons. The van der Waals surface area contributed by atoms with Gasteiger partial charge in [0.15, 0.2) is 5.78 Å². The molecule has 1 atom stereocenters. The molecule has 2 rings (SSSR count). The maximum Gasteiger partial charge on any atom is 0.318 e. The second-order valence-electron chi connectivity index (χ2n) is 6.29. The molecular weight excluding hydrogens is 338 g/mol. The van der Waals surface area contributed by atoms with E-state index in [1.54, 1.807) is 42.7 Å². The average Bonchev–Trinajstić information content (AvgIpc) is 3.25. The summed E-state index contributed by atoms with van der Waals surface area (Å²) in [6.07, 6.45) is 3.99. The number of carbonyl (C=O) groups is 2. The van der Waals surface area contributed by atoms with E-state index in [0.29, 0.717) is 25.3 Å². The van der Waals surface area contributed by atoms with Gasteiger partial charge in [0.25, 0.3) is 0 Å². The number of imidazole rings is 1. The zero-order valence-corrected chi connectivity index (χ0v) is 15.9. The predicted octanol–water partition coefficient (Wildman–Crippen LogP) is 2.72. The smallest absolute Gasteiger partial charge is 0.318 e. The minimum atomic E-state index is -0.568. The maximum absolute atomic E-state index is 12.5. The van der Waals surface area contributed by atoms with Crippen LogP contribution in [-0.2, 0) is 17.8 Å². The number of amides is 2. The Morgan fingerprint density at radius 2 is 2.16 bits per heavy atom. The number of ketones is 1. The molecule has 0 aliphatic rings. The Hall–Kier alpha value is -2.22. The molecule has 2 aromatic heterocycles.